The minimum atomic E-state index is -0.208. The number of benzene rings is 2. The van der Waals surface area contributed by atoms with Crippen LogP contribution in [-0.4, -0.2) is 58.7 Å². The van der Waals surface area contributed by atoms with Crippen molar-refractivity contribution >= 4 is 17.6 Å². The van der Waals surface area contributed by atoms with Gasteiger partial charge in [-0.3, -0.25) is 14.8 Å². The topological polar surface area (TPSA) is 97.0 Å². The van der Waals surface area contributed by atoms with Crippen LogP contribution in [0.2, 0.25) is 0 Å². The zero-order valence-corrected chi connectivity index (χ0v) is 26.8. The van der Waals surface area contributed by atoms with E-state index >= 15 is 0 Å². The van der Waals surface area contributed by atoms with Gasteiger partial charge in [0.05, 0.1) is 70.2 Å². The second-order valence-corrected chi connectivity index (χ2v) is 13.5. The summed E-state index contributed by atoms with van der Waals surface area (Å²) < 4.78 is 1.39. The SMILES string of the molecule is Cn1cc(-c2cccc(N3Cc4ccc(C(C)(C)C)cc4C=N3)c2CO)cc(Cc2ccc(N3CC[N+](C)([O-])CC3)cn2)c1=O. The van der Waals surface area contributed by atoms with Gasteiger partial charge in [-0.15, -0.1) is 0 Å². The van der Waals surface area contributed by atoms with Gasteiger partial charge in [-0.1, -0.05) is 45.0 Å². The maximum atomic E-state index is 13.2. The second-order valence-electron chi connectivity index (χ2n) is 13.5. The number of hydrogen-bond donors (Lipinski definition) is 1. The Kier molecular flexibility index (Phi) is 8.11. The Morgan fingerprint density at radius 3 is 2.51 bits per heavy atom. The zero-order chi connectivity index (χ0) is 31.9. The maximum absolute atomic E-state index is 13.2. The van der Waals surface area contributed by atoms with Crippen LogP contribution >= 0.6 is 0 Å². The predicted molar refractivity (Wildman–Crippen MR) is 181 cm³/mol. The molecule has 0 atom stereocenters. The molecule has 0 spiro atoms. The molecule has 2 aliphatic rings. The average Bonchev–Trinajstić information content (AvgIpc) is 3.02. The van der Waals surface area contributed by atoms with Gasteiger partial charge in [0.25, 0.3) is 5.56 Å². The maximum Gasteiger partial charge on any atom is 0.253 e. The predicted octanol–water partition coefficient (Wildman–Crippen LogP) is 4.95. The number of hydrazone groups is 1. The van der Waals surface area contributed by atoms with Gasteiger partial charge < -0.3 is 24.4 Å². The van der Waals surface area contributed by atoms with Crippen LogP contribution in [0, 0.1) is 5.21 Å². The lowest BCUT2D eigenvalue weighted by Crippen LogP contribution is -2.53. The highest BCUT2D eigenvalue weighted by molar-refractivity contribution is 5.85. The third-order valence-electron chi connectivity index (χ3n) is 9.06. The molecule has 6 rings (SSSR count). The zero-order valence-electron chi connectivity index (χ0n) is 26.8. The standard InChI is InChI=1S/C36H42N6O3/c1-36(2,3)29-10-9-25-23-41(38-20-27(25)18-29)34-8-6-7-32(33(34)24-43)28-17-26(35(44)39(4)22-28)19-30-11-12-31(21-37-30)40-13-15-42(5,45)16-14-40/h6-12,17-18,20-22,43H,13-16,19,23-24H2,1-5H3. The molecule has 1 N–H and O–H groups in total. The van der Waals surface area contributed by atoms with Gasteiger partial charge in [0.2, 0.25) is 0 Å². The van der Waals surface area contributed by atoms with E-state index in [9.17, 15) is 15.1 Å². The van der Waals surface area contributed by atoms with Crippen LogP contribution in [0.3, 0.4) is 0 Å². The molecule has 4 heterocycles. The van der Waals surface area contributed by atoms with Crippen molar-refractivity contribution in [2.75, 3.05) is 43.1 Å². The quantitative estimate of drug-likeness (QED) is 0.247. The Hall–Kier alpha value is -4.31. The summed E-state index contributed by atoms with van der Waals surface area (Å²) in [6, 6.07) is 18.4. The molecular weight excluding hydrogens is 564 g/mol. The summed E-state index contributed by atoms with van der Waals surface area (Å²) in [4.78, 5) is 20.1. The number of rotatable bonds is 6. The van der Waals surface area contributed by atoms with Crippen molar-refractivity contribution in [1.82, 2.24) is 9.55 Å². The third-order valence-corrected chi connectivity index (χ3v) is 9.06. The Balaban J connectivity index is 1.26. The highest BCUT2D eigenvalue weighted by Crippen LogP contribution is 2.35. The molecule has 0 bridgehead atoms. The lowest BCUT2D eigenvalue weighted by atomic mass is 9.85. The third kappa shape index (κ3) is 6.42. The van der Waals surface area contributed by atoms with Crippen molar-refractivity contribution in [2.45, 2.75) is 45.8 Å². The largest absolute Gasteiger partial charge is 0.633 e. The number of quaternary nitrogens is 1. The summed E-state index contributed by atoms with van der Waals surface area (Å²) in [5, 5.41) is 29.5. The van der Waals surface area contributed by atoms with Crippen molar-refractivity contribution in [2.24, 2.45) is 12.1 Å². The first-order chi connectivity index (χ1) is 21.4. The molecule has 1 fully saturated rings. The summed E-state index contributed by atoms with van der Waals surface area (Å²) in [5.74, 6) is 0. The molecule has 2 aromatic carbocycles. The van der Waals surface area contributed by atoms with E-state index in [1.54, 1.807) is 18.7 Å². The fourth-order valence-electron chi connectivity index (χ4n) is 6.16. The number of pyridine rings is 2. The molecule has 9 heteroatoms. The lowest BCUT2D eigenvalue weighted by Gasteiger charge is -2.45. The summed E-state index contributed by atoms with van der Waals surface area (Å²) in [7, 11) is 3.47. The van der Waals surface area contributed by atoms with Crippen molar-refractivity contribution in [3.63, 3.8) is 0 Å². The summed E-state index contributed by atoms with van der Waals surface area (Å²) in [6.07, 6.45) is 5.94. The van der Waals surface area contributed by atoms with E-state index in [2.05, 4.69) is 48.9 Å². The molecule has 9 nitrogen and oxygen atoms in total. The molecule has 0 unspecified atom stereocenters. The number of aryl methyl sites for hydroxylation is 1. The van der Waals surface area contributed by atoms with Gasteiger partial charge in [0.1, 0.15) is 0 Å². The number of anilines is 2. The molecule has 4 aromatic rings. The first-order valence-electron chi connectivity index (χ1n) is 15.5. The van der Waals surface area contributed by atoms with Crippen molar-refractivity contribution in [3.05, 3.63) is 116 Å². The van der Waals surface area contributed by atoms with E-state index in [4.69, 9.17) is 5.10 Å². The number of hydrogen-bond acceptors (Lipinski definition) is 7. The molecule has 0 amide bonds. The Bertz CT molecular complexity index is 1790. The fraction of sp³-hybridized carbons (Fsp3) is 0.361. The summed E-state index contributed by atoms with van der Waals surface area (Å²) in [5.41, 5.74) is 9.23. The monoisotopic (exact) mass is 606 g/mol. The molecular formula is C36H42N6O3. The molecule has 2 aliphatic heterocycles. The van der Waals surface area contributed by atoms with Crippen LogP contribution in [0.1, 0.15) is 54.3 Å². The van der Waals surface area contributed by atoms with Crippen molar-refractivity contribution in [3.8, 4) is 11.1 Å². The molecule has 0 aliphatic carbocycles. The highest BCUT2D eigenvalue weighted by atomic mass is 16.5. The number of nitrogens with zero attached hydrogens (tertiary/aromatic N) is 6. The lowest BCUT2D eigenvalue weighted by molar-refractivity contribution is -0.861. The smallest absolute Gasteiger partial charge is 0.253 e. The molecule has 1 saturated heterocycles. The van der Waals surface area contributed by atoms with E-state index in [0.29, 0.717) is 44.7 Å². The van der Waals surface area contributed by atoms with Crippen LogP contribution in [0.15, 0.2) is 76.9 Å². The van der Waals surface area contributed by atoms with Crippen LogP contribution in [0.5, 0.6) is 0 Å². The average molecular weight is 607 g/mol. The number of hydroxylamine groups is 3. The molecule has 0 radical (unpaired) electrons. The van der Waals surface area contributed by atoms with E-state index in [1.807, 2.05) is 60.0 Å². The van der Waals surface area contributed by atoms with Gasteiger partial charge in [0.15, 0.2) is 0 Å². The first kappa shape index (κ1) is 30.7. The number of aliphatic hydroxyl groups excluding tert-OH is 1. The van der Waals surface area contributed by atoms with Gasteiger partial charge in [-0.05, 0) is 63.6 Å². The normalized spacial score (nSPS) is 16.2. The van der Waals surface area contributed by atoms with E-state index in [0.717, 1.165) is 39.3 Å². The fourth-order valence-corrected chi connectivity index (χ4v) is 6.16. The Labute approximate surface area is 264 Å². The second kappa shape index (κ2) is 11.9. The van der Waals surface area contributed by atoms with Crippen molar-refractivity contribution in [1.29, 1.82) is 0 Å². The van der Waals surface area contributed by atoms with Crippen LogP contribution < -0.4 is 15.5 Å². The molecule has 234 valence electrons. The van der Waals surface area contributed by atoms with Gasteiger partial charge in [-0.25, -0.2) is 0 Å². The van der Waals surface area contributed by atoms with E-state index < -0.39 is 0 Å². The molecule has 2 aromatic heterocycles. The number of aromatic nitrogens is 2. The van der Waals surface area contributed by atoms with Crippen LogP contribution in [0.4, 0.5) is 11.4 Å². The number of piperazine rings is 1. The Morgan fingerprint density at radius 1 is 1.04 bits per heavy atom. The van der Waals surface area contributed by atoms with E-state index in [1.165, 1.54) is 11.1 Å². The molecule has 0 saturated carbocycles. The number of fused-ring (bicyclic) bond motifs is 1. The van der Waals surface area contributed by atoms with Crippen LogP contribution in [0.25, 0.3) is 11.1 Å². The number of likely N-dealkylation sites (N-methyl/N-ethyl adjacent to an activating group) is 1. The Morgan fingerprint density at radius 2 is 1.82 bits per heavy atom. The van der Waals surface area contributed by atoms with Gasteiger partial charge in [0, 0.05) is 36.5 Å². The molecule has 45 heavy (non-hydrogen) atoms. The van der Waals surface area contributed by atoms with Crippen LogP contribution in [-0.2, 0) is 32.0 Å². The minimum absolute atomic E-state index is 0.0568. The van der Waals surface area contributed by atoms with Crippen molar-refractivity contribution < 1.29 is 9.75 Å². The minimum Gasteiger partial charge on any atom is -0.633 e. The van der Waals surface area contributed by atoms with Gasteiger partial charge >= 0.3 is 0 Å². The van der Waals surface area contributed by atoms with Gasteiger partial charge in [-0.2, -0.15) is 5.10 Å². The highest BCUT2D eigenvalue weighted by Gasteiger charge is 2.23. The first-order valence-corrected chi connectivity index (χ1v) is 15.5. The summed E-state index contributed by atoms with van der Waals surface area (Å²) >= 11 is 0. The number of aliphatic hydroxyl groups is 1. The summed E-state index contributed by atoms with van der Waals surface area (Å²) in [6.45, 7) is 9.55. The van der Waals surface area contributed by atoms with E-state index in [-0.39, 0.29) is 22.2 Å².